The third-order valence-electron chi connectivity index (χ3n) is 2.39. The van der Waals surface area contributed by atoms with Crippen molar-refractivity contribution in [1.82, 2.24) is 0 Å². The molecule has 0 aromatic carbocycles. The normalized spacial score (nSPS) is 14.4. The maximum absolute atomic E-state index is 9.50. The van der Waals surface area contributed by atoms with Crippen LogP contribution in [0.5, 0.6) is 0 Å². The van der Waals surface area contributed by atoms with E-state index >= 15 is 0 Å². The smallest absolute Gasteiger partial charge is 0.0785 e. The molecule has 1 fully saturated rings. The summed E-state index contributed by atoms with van der Waals surface area (Å²) in [6.07, 6.45) is 11.3. The van der Waals surface area contributed by atoms with Crippen LogP contribution in [-0.2, 0) is 0 Å². The maximum atomic E-state index is 9.50. The molecular weight excluding hydrogens is 199 g/mol. The number of alkyl halides is 1. The van der Waals surface area contributed by atoms with Gasteiger partial charge in [-0.25, -0.2) is 0 Å². The maximum Gasteiger partial charge on any atom is 0.0785 e. The number of rotatable bonds is 1. The first-order valence-electron chi connectivity index (χ1n) is 7.10. The molecule has 0 saturated heterocycles. The molecule has 0 heterocycles. The van der Waals surface area contributed by atoms with Crippen LogP contribution in [0.25, 0.3) is 0 Å². The van der Waals surface area contributed by atoms with E-state index in [0.717, 1.165) is 5.92 Å². The van der Waals surface area contributed by atoms with E-state index in [1.54, 1.807) is 0 Å². The van der Waals surface area contributed by atoms with Gasteiger partial charge in [0.2, 0.25) is 0 Å². The van der Waals surface area contributed by atoms with Crippen molar-refractivity contribution in [1.29, 1.82) is 0 Å². The Morgan fingerprint density at radius 3 is 1.25 bits per heavy atom. The molecular formula is C15H35F. The lowest BCUT2D eigenvalue weighted by molar-refractivity contribution is 0.385. The first kappa shape index (κ1) is 21.2. The molecule has 1 aliphatic carbocycles. The molecule has 0 amide bonds. The fourth-order valence-electron chi connectivity index (χ4n) is 1.31. The van der Waals surface area contributed by atoms with Crippen LogP contribution in [0.4, 0.5) is 4.39 Å². The van der Waals surface area contributed by atoms with Crippen LogP contribution in [0.3, 0.4) is 0 Å². The molecule has 0 aromatic heterocycles. The van der Waals surface area contributed by atoms with E-state index in [1.165, 1.54) is 51.4 Å². The third kappa shape index (κ3) is 29.2. The van der Waals surface area contributed by atoms with Crippen molar-refractivity contribution in [2.24, 2.45) is 5.92 Å². The standard InChI is InChI=1S/C7H14.C4H10.C3H8.CH3F/c1-7-5-3-2-4-6-7;1-3-4-2;1-3-2;1-2/h7H,2-6H2,1H3;3-4H2,1-2H3;3H2,1-2H3;1H3. The molecule has 1 saturated carbocycles. The molecule has 1 rings (SSSR count). The predicted molar refractivity (Wildman–Crippen MR) is 75.8 cm³/mol. The Bertz CT molecular complexity index is 73.5. The zero-order valence-electron chi connectivity index (χ0n) is 12.6. The average molecular weight is 234 g/mol. The average Bonchev–Trinajstić information content (AvgIpc) is 2.34. The van der Waals surface area contributed by atoms with Gasteiger partial charge in [-0.1, -0.05) is 86.0 Å². The van der Waals surface area contributed by atoms with Crippen LogP contribution in [0, 0.1) is 5.92 Å². The van der Waals surface area contributed by atoms with Crippen molar-refractivity contribution in [3.8, 4) is 0 Å². The van der Waals surface area contributed by atoms with Gasteiger partial charge in [-0.15, -0.1) is 0 Å². The monoisotopic (exact) mass is 234 g/mol. The van der Waals surface area contributed by atoms with Crippen molar-refractivity contribution in [3.63, 3.8) is 0 Å². The zero-order chi connectivity index (χ0) is 13.2. The minimum Gasteiger partial charge on any atom is -0.255 e. The number of hydrogen-bond donors (Lipinski definition) is 0. The predicted octanol–water partition coefficient (Wildman–Crippen LogP) is 6.40. The van der Waals surface area contributed by atoms with Crippen LogP contribution in [0.2, 0.25) is 0 Å². The van der Waals surface area contributed by atoms with E-state index in [0.29, 0.717) is 7.18 Å². The van der Waals surface area contributed by atoms with E-state index in [4.69, 9.17) is 0 Å². The van der Waals surface area contributed by atoms with E-state index in [1.807, 2.05) is 0 Å². The Kier molecular flexibility index (Phi) is 32.2. The lowest BCUT2D eigenvalue weighted by Crippen LogP contribution is -1.99. The summed E-state index contributed by atoms with van der Waals surface area (Å²) in [7, 11) is 0.500. The lowest BCUT2D eigenvalue weighted by atomic mass is 9.91. The van der Waals surface area contributed by atoms with Crippen LogP contribution >= 0.6 is 0 Å². The van der Waals surface area contributed by atoms with Crippen LogP contribution in [0.1, 0.15) is 86.0 Å². The van der Waals surface area contributed by atoms with Gasteiger partial charge >= 0.3 is 0 Å². The summed E-state index contributed by atoms with van der Waals surface area (Å²) >= 11 is 0. The molecule has 1 heteroatoms. The van der Waals surface area contributed by atoms with Gasteiger partial charge in [-0.2, -0.15) is 0 Å². The zero-order valence-corrected chi connectivity index (χ0v) is 12.6. The highest BCUT2D eigenvalue weighted by molar-refractivity contribution is 4.59. The molecule has 0 spiro atoms. The fourth-order valence-corrected chi connectivity index (χ4v) is 1.31. The minimum atomic E-state index is 0.500. The second kappa shape index (κ2) is 24.3. The Labute approximate surface area is 104 Å². The quantitative estimate of drug-likeness (QED) is 0.493. The highest BCUT2D eigenvalue weighted by atomic mass is 19.1. The van der Waals surface area contributed by atoms with Crippen molar-refractivity contribution < 1.29 is 4.39 Å². The second-order valence-electron chi connectivity index (χ2n) is 4.45. The number of halogens is 1. The van der Waals surface area contributed by atoms with Gasteiger partial charge in [0.05, 0.1) is 7.18 Å². The molecule has 0 N–H and O–H groups in total. The van der Waals surface area contributed by atoms with Crippen molar-refractivity contribution in [2.75, 3.05) is 7.18 Å². The second-order valence-corrected chi connectivity index (χ2v) is 4.45. The fraction of sp³-hybridized carbons (Fsp3) is 1.00. The molecule has 0 nitrogen and oxygen atoms in total. The van der Waals surface area contributed by atoms with Gasteiger partial charge in [-0.05, 0) is 5.92 Å². The summed E-state index contributed by atoms with van der Waals surface area (Å²) in [6.45, 7) is 11.0. The highest BCUT2D eigenvalue weighted by Crippen LogP contribution is 2.22. The largest absolute Gasteiger partial charge is 0.255 e. The topological polar surface area (TPSA) is 0 Å². The van der Waals surface area contributed by atoms with Gasteiger partial charge in [-0.3, -0.25) is 4.39 Å². The molecule has 102 valence electrons. The first-order valence-corrected chi connectivity index (χ1v) is 7.10. The Morgan fingerprint density at radius 2 is 1.12 bits per heavy atom. The van der Waals surface area contributed by atoms with E-state index in [2.05, 4.69) is 34.6 Å². The molecule has 16 heavy (non-hydrogen) atoms. The van der Waals surface area contributed by atoms with Crippen LogP contribution in [0.15, 0.2) is 0 Å². The van der Waals surface area contributed by atoms with Crippen molar-refractivity contribution >= 4 is 0 Å². The first-order chi connectivity index (χ1) is 7.72. The van der Waals surface area contributed by atoms with Gasteiger partial charge in [0.25, 0.3) is 0 Å². The third-order valence-corrected chi connectivity index (χ3v) is 2.39. The summed E-state index contributed by atoms with van der Waals surface area (Å²) in [5, 5.41) is 0. The summed E-state index contributed by atoms with van der Waals surface area (Å²) in [5.41, 5.74) is 0. The number of hydrogen-bond acceptors (Lipinski definition) is 0. The highest BCUT2D eigenvalue weighted by Gasteiger charge is 2.05. The summed E-state index contributed by atoms with van der Waals surface area (Å²) in [6, 6.07) is 0. The van der Waals surface area contributed by atoms with Crippen molar-refractivity contribution in [2.45, 2.75) is 86.0 Å². The number of unbranched alkanes of at least 4 members (excludes halogenated alkanes) is 1. The van der Waals surface area contributed by atoms with Gasteiger partial charge in [0.15, 0.2) is 0 Å². The Morgan fingerprint density at radius 1 is 0.812 bits per heavy atom. The summed E-state index contributed by atoms with van der Waals surface area (Å²) in [5.74, 6) is 1.04. The molecule has 0 aromatic rings. The van der Waals surface area contributed by atoms with E-state index < -0.39 is 0 Å². The molecule has 0 aliphatic heterocycles. The van der Waals surface area contributed by atoms with Crippen LogP contribution < -0.4 is 0 Å². The van der Waals surface area contributed by atoms with Gasteiger partial charge < -0.3 is 0 Å². The molecule has 0 atom stereocenters. The molecule has 0 unspecified atom stereocenters. The minimum absolute atomic E-state index is 0.500. The Balaban J connectivity index is -0.000000163. The summed E-state index contributed by atoms with van der Waals surface area (Å²) in [4.78, 5) is 0. The van der Waals surface area contributed by atoms with Crippen LogP contribution in [-0.4, -0.2) is 7.18 Å². The summed E-state index contributed by atoms with van der Waals surface area (Å²) < 4.78 is 9.50. The van der Waals surface area contributed by atoms with Crippen molar-refractivity contribution in [3.05, 3.63) is 0 Å². The van der Waals surface area contributed by atoms with Gasteiger partial charge in [0.1, 0.15) is 0 Å². The van der Waals surface area contributed by atoms with E-state index in [9.17, 15) is 4.39 Å². The molecule has 1 aliphatic rings. The molecule has 0 bridgehead atoms. The SMILES string of the molecule is CC1CCCCC1.CCC.CCCC.CF. The molecule has 0 radical (unpaired) electrons. The Hall–Kier alpha value is -0.0700. The lowest BCUT2D eigenvalue weighted by Gasteiger charge is -2.15. The van der Waals surface area contributed by atoms with Gasteiger partial charge in [0, 0.05) is 0 Å². The van der Waals surface area contributed by atoms with E-state index in [-0.39, 0.29) is 0 Å².